The molecule has 1 heterocycles. The molecule has 0 saturated heterocycles. The molecule has 148 valence electrons. The molecule has 0 aromatic rings. The number of fused-ring (bicyclic) bond motifs is 1. The van der Waals surface area contributed by atoms with Gasteiger partial charge in [-0.3, -0.25) is 9.59 Å². The number of ether oxygens (including phenoxy) is 1. The van der Waals surface area contributed by atoms with E-state index < -0.39 is 11.4 Å². The van der Waals surface area contributed by atoms with Crippen LogP contribution in [0.25, 0.3) is 0 Å². The van der Waals surface area contributed by atoms with Gasteiger partial charge in [-0.05, 0) is 37.3 Å². The van der Waals surface area contributed by atoms with Crippen molar-refractivity contribution in [1.29, 1.82) is 0 Å². The van der Waals surface area contributed by atoms with E-state index in [0.717, 1.165) is 25.7 Å². The molecule has 1 unspecified atom stereocenters. The summed E-state index contributed by atoms with van der Waals surface area (Å²) in [6.07, 6.45) is 12.0. The Kier molecular flexibility index (Phi) is 5.38. The number of allylic oxidation sites excluding steroid dienone is 2. The SMILES string of the molecule is CCCCCC1(C)[C@H](CC)CC[C@@H](C)[C@@]12C=C1C=C(O)C(=O)C(C=O)=C1O2. The quantitative estimate of drug-likeness (QED) is 0.395. The van der Waals surface area contributed by atoms with Crippen molar-refractivity contribution in [2.45, 2.75) is 78.2 Å². The number of hydrogen-bond donors (Lipinski definition) is 1. The molecule has 1 saturated carbocycles. The average molecular weight is 373 g/mol. The lowest BCUT2D eigenvalue weighted by Crippen LogP contribution is -2.57. The predicted molar refractivity (Wildman–Crippen MR) is 105 cm³/mol. The van der Waals surface area contributed by atoms with Crippen LogP contribution in [0, 0.1) is 17.3 Å². The smallest absolute Gasteiger partial charge is 0.234 e. The van der Waals surface area contributed by atoms with Crippen molar-refractivity contribution in [1.82, 2.24) is 0 Å². The monoisotopic (exact) mass is 372 g/mol. The van der Waals surface area contributed by atoms with Crippen molar-refractivity contribution < 1.29 is 19.4 Å². The van der Waals surface area contributed by atoms with Gasteiger partial charge >= 0.3 is 0 Å². The molecule has 0 aromatic heterocycles. The first kappa shape index (κ1) is 19.9. The van der Waals surface area contributed by atoms with Gasteiger partial charge in [-0.2, -0.15) is 0 Å². The normalized spacial score (nSPS) is 35.6. The second-order valence-electron chi connectivity index (χ2n) is 8.67. The molecular weight excluding hydrogens is 340 g/mol. The minimum absolute atomic E-state index is 0.0557. The van der Waals surface area contributed by atoms with Gasteiger partial charge < -0.3 is 9.84 Å². The van der Waals surface area contributed by atoms with Crippen LogP contribution >= 0.6 is 0 Å². The maximum Gasteiger partial charge on any atom is 0.234 e. The zero-order valence-electron chi connectivity index (χ0n) is 17.0. The summed E-state index contributed by atoms with van der Waals surface area (Å²) in [6, 6.07) is 0. The molecule has 0 aromatic carbocycles. The van der Waals surface area contributed by atoms with Crippen LogP contribution in [0.4, 0.5) is 0 Å². The van der Waals surface area contributed by atoms with Crippen molar-refractivity contribution in [3.8, 4) is 0 Å². The summed E-state index contributed by atoms with van der Waals surface area (Å²) in [7, 11) is 0. The fourth-order valence-corrected chi connectivity index (χ4v) is 5.62. The number of carbonyl (C=O) groups is 2. The molecule has 1 aliphatic heterocycles. The summed E-state index contributed by atoms with van der Waals surface area (Å²) in [5, 5.41) is 10.0. The molecule has 4 nitrogen and oxygen atoms in total. The molecule has 0 amide bonds. The summed E-state index contributed by atoms with van der Waals surface area (Å²) in [5.41, 5.74) is 0.00579. The highest BCUT2D eigenvalue weighted by Gasteiger charge is 2.60. The number of aliphatic hydroxyl groups is 1. The molecule has 2 aliphatic carbocycles. The minimum atomic E-state index is -0.641. The zero-order chi connectivity index (χ0) is 19.8. The molecule has 0 bridgehead atoms. The van der Waals surface area contributed by atoms with Crippen LogP contribution in [0.2, 0.25) is 0 Å². The van der Waals surface area contributed by atoms with E-state index in [2.05, 4.69) is 33.8 Å². The van der Waals surface area contributed by atoms with Crippen molar-refractivity contribution >= 4 is 12.1 Å². The molecular formula is C23H32O4. The predicted octanol–water partition coefficient (Wildman–Crippen LogP) is 5.20. The molecule has 3 rings (SSSR count). The number of aldehydes is 1. The van der Waals surface area contributed by atoms with Gasteiger partial charge in [0.15, 0.2) is 12.0 Å². The molecule has 4 heteroatoms. The van der Waals surface area contributed by atoms with E-state index in [1.54, 1.807) is 0 Å². The van der Waals surface area contributed by atoms with Crippen molar-refractivity contribution in [3.05, 3.63) is 34.8 Å². The first-order valence-corrected chi connectivity index (χ1v) is 10.4. The standard InChI is InChI=1S/C23H32O4/c1-5-7-8-11-22(4)17(6-2)10-9-15(3)23(22)13-16-12-19(25)20(26)18(14-24)21(16)27-23/h12-15,17,25H,5-11H2,1-4H3/t15-,17-,22?,23+/m1/s1. The largest absolute Gasteiger partial charge is 0.504 e. The molecule has 3 aliphatic rings. The van der Waals surface area contributed by atoms with Gasteiger partial charge in [0.1, 0.15) is 16.9 Å². The maximum atomic E-state index is 12.2. The Morgan fingerprint density at radius 1 is 1.30 bits per heavy atom. The lowest BCUT2D eigenvalue weighted by molar-refractivity contribution is -0.146. The summed E-state index contributed by atoms with van der Waals surface area (Å²) in [6.45, 7) is 8.99. The zero-order valence-corrected chi connectivity index (χ0v) is 17.0. The highest BCUT2D eigenvalue weighted by molar-refractivity contribution is 6.21. The van der Waals surface area contributed by atoms with E-state index >= 15 is 0 Å². The number of hydrogen-bond acceptors (Lipinski definition) is 4. The van der Waals surface area contributed by atoms with Crippen molar-refractivity contribution in [3.63, 3.8) is 0 Å². The van der Waals surface area contributed by atoms with Gasteiger partial charge in [0.25, 0.3) is 0 Å². The Morgan fingerprint density at radius 2 is 2.04 bits per heavy atom. The van der Waals surface area contributed by atoms with Gasteiger partial charge in [0.2, 0.25) is 5.78 Å². The van der Waals surface area contributed by atoms with Crippen LogP contribution < -0.4 is 0 Å². The van der Waals surface area contributed by atoms with Crippen molar-refractivity contribution in [2.75, 3.05) is 0 Å². The number of rotatable bonds is 6. The molecule has 4 atom stereocenters. The second kappa shape index (κ2) is 7.29. The Hall–Kier alpha value is -1.84. The van der Waals surface area contributed by atoms with E-state index in [-0.39, 0.29) is 22.7 Å². The van der Waals surface area contributed by atoms with Crippen molar-refractivity contribution in [2.24, 2.45) is 17.3 Å². The van der Waals surface area contributed by atoms with Gasteiger partial charge in [-0.1, -0.05) is 53.4 Å². The van der Waals surface area contributed by atoms with Gasteiger partial charge in [-0.25, -0.2) is 0 Å². The lowest BCUT2D eigenvalue weighted by atomic mass is 9.52. The van der Waals surface area contributed by atoms with E-state index in [1.165, 1.54) is 25.3 Å². The maximum absolute atomic E-state index is 12.2. The van der Waals surface area contributed by atoms with Crippen LogP contribution in [-0.4, -0.2) is 22.8 Å². The van der Waals surface area contributed by atoms with Crippen LogP contribution in [-0.2, 0) is 14.3 Å². The first-order chi connectivity index (χ1) is 12.8. The fourth-order valence-electron chi connectivity index (χ4n) is 5.62. The summed E-state index contributed by atoms with van der Waals surface area (Å²) in [5.74, 6) is 0.138. The number of unbranched alkanes of at least 4 members (excludes halogenated alkanes) is 2. The number of carbonyl (C=O) groups excluding carboxylic acids is 2. The third-order valence-corrected chi connectivity index (χ3v) is 7.30. The van der Waals surface area contributed by atoms with E-state index in [0.29, 0.717) is 23.5 Å². The Labute approximate surface area is 162 Å². The first-order valence-electron chi connectivity index (χ1n) is 10.4. The van der Waals surface area contributed by atoms with Gasteiger partial charge in [-0.15, -0.1) is 0 Å². The third kappa shape index (κ3) is 2.88. The van der Waals surface area contributed by atoms with Crippen LogP contribution in [0.1, 0.15) is 72.6 Å². The van der Waals surface area contributed by atoms with E-state index in [9.17, 15) is 14.7 Å². The second-order valence-corrected chi connectivity index (χ2v) is 8.67. The molecule has 27 heavy (non-hydrogen) atoms. The lowest BCUT2D eigenvalue weighted by Gasteiger charge is -2.56. The Balaban J connectivity index is 2.12. The highest BCUT2D eigenvalue weighted by Crippen LogP contribution is 2.61. The molecule has 1 fully saturated rings. The summed E-state index contributed by atoms with van der Waals surface area (Å²) in [4.78, 5) is 23.8. The third-order valence-electron chi connectivity index (χ3n) is 7.30. The van der Waals surface area contributed by atoms with Crippen LogP contribution in [0.15, 0.2) is 34.8 Å². The fraction of sp³-hybridized carbons (Fsp3) is 0.652. The summed E-state index contributed by atoms with van der Waals surface area (Å²) < 4.78 is 6.59. The van der Waals surface area contributed by atoms with Crippen LogP contribution in [0.3, 0.4) is 0 Å². The van der Waals surface area contributed by atoms with Gasteiger partial charge in [0.05, 0.1) is 0 Å². The van der Waals surface area contributed by atoms with E-state index in [4.69, 9.17) is 4.74 Å². The summed E-state index contributed by atoms with van der Waals surface area (Å²) >= 11 is 0. The van der Waals surface area contributed by atoms with Crippen LogP contribution in [0.5, 0.6) is 0 Å². The molecule has 1 N–H and O–H groups in total. The molecule has 0 radical (unpaired) electrons. The minimum Gasteiger partial charge on any atom is -0.504 e. The number of aliphatic hydroxyl groups excluding tert-OH is 1. The average Bonchev–Trinajstić information content (AvgIpc) is 3.02. The number of Topliss-reactive ketones (excluding diaryl/α,β-unsaturated/α-hetero) is 1. The topological polar surface area (TPSA) is 63.6 Å². The Bertz CT molecular complexity index is 729. The highest BCUT2D eigenvalue weighted by atomic mass is 16.5. The number of ketones is 1. The Morgan fingerprint density at radius 3 is 2.67 bits per heavy atom. The molecule has 1 spiro atoms. The van der Waals surface area contributed by atoms with Gasteiger partial charge in [0, 0.05) is 16.9 Å². The van der Waals surface area contributed by atoms with E-state index in [1.807, 2.05) is 0 Å².